The molecule has 2 aromatic rings. The number of hydrogen-bond acceptors (Lipinski definition) is 7. The van der Waals surface area contributed by atoms with E-state index in [0.29, 0.717) is 12.4 Å². The largest absolute Gasteiger partial charge is 0.394 e. The van der Waals surface area contributed by atoms with E-state index >= 15 is 0 Å². The summed E-state index contributed by atoms with van der Waals surface area (Å²) >= 11 is 0. The molecule has 4 rings (SSSR count). The first-order chi connectivity index (χ1) is 14.1. The molecule has 2 atom stereocenters. The molecule has 0 radical (unpaired) electrons. The van der Waals surface area contributed by atoms with Gasteiger partial charge in [0.1, 0.15) is 23.8 Å². The fraction of sp³-hybridized carbons (Fsp3) is 0.524. The zero-order valence-electron chi connectivity index (χ0n) is 16.8. The Morgan fingerprint density at radius 3 is 2.79 bits per heavy atom. The number of aromatic nitrogens is 3. The van der Waals surface area contributed by atoms with Crippen LogP contribution < -0.4 is 15.1 Å². The summed E-state index contributed by atoms with van der Waals surface area (Å²) < 4.78 is 0. The third-order valence-corrected chi connectivity index (χ3v) is 5.80. The van der Waals surface area contributed by atoms with Gasteiger partial charge in [0.15, 0.2) is 0 Å². The summed E-state index contributed by atoms with van der Waals surface area (Å²) in [5.74, 6) is 2.17. The quantitative estimate of drug-likeness (QED) is 0.798. The van der Waals surface area contributed by atoms with Gasteiger partial charge in [0.2, 0.25) is 5.91 Å². The van der Waals surface area contributed by atoms with Crippen LogP contribution in [0.2, 0.25) is 0 Å². The molecule has 2 unspecified atom stereocenters. The van der Waals surface area contributed by atoms with Gasteiger partial charge in [-0.1, -0.05) is 6.07 Å². The molecule has 2 aromatic heterocycles. The number of aliphatic hydroxyl groups excluding tert-OH is 1. The van der Waals surface area contributed by atoms with E-state index in [1.807, 2.05) is 25.1 Å². The zero-order chi connectivity index (χ0) is 20.2. The molecule has 1 amide bonds. The van der Waals surface area contributed by atoms with E-state index in [4.69, 9.17) is 0 Å². The number of hydrogen-bond donors (Lipinski definition) is 2. The third-order valence-electron chi connectivity index (χ3n) is 5.80. The Hall–Kier alpha value is -2.74. The average Bonchev–Trinajstić information content (AvgIpc) is 3.24. The number of carbonyl (C=O) groups excluding carboxylic acids is 1. The number of amides is 1. The highest BCUT2D eigenvalue weighted by Crippen LogP contribution is 2.28. The van der Waals surface area contributed by atoms with E-state index in [9.17, 15) is 9.90 Å². The third kappa shape index (κ3) is 4.48. The standard InChI is InChI=1S/C21H28N6O2/c1-15-6-7-18(22-11-15)25-21(29)16-4-2-8-26(12-16)19-10-20(24-14-23-19)27-9-3-5-17(27)13-28/h6-7,10-11,14,16-17,28H,2-5,8-9,12-13H2,1H3,(H,22,25,29). The normalized spacial score (nSPS) is 22.0. The lowest BCUT2D eigenvalue weighted by atomic mass is 9.97. The second-order valence-corrected chi connectivity index (χ2v) is 7.90. The zero-order valence-corrected chi connectivity index (χ0v) is 16.8. The minimum atomic E-state index is -0.109. The van der Waals surface area contributed by atoms with Crippen molar-refractivity contribution >= 4 is 23.4 Å². The monoisotopic (exact) mass is 396 g/mol. The second-order valence-electron chi connectivity index (χ2n) is 7.90. The summed E-state index contributed by atoms with van der Waals surface area (Å²) in [6.07, 6.45) is 7.16. The predicted octanol–water partition coefficient (Wildman–Crippen LogP) is 2.00. The maximum absolute atomic E-state index is 12.7. The summed E-state index contributed by atoms with van der Waals surface area (Å²) in [4.78, 5) is 30.2. The number of nitrogens with one attached hydrogen (secondary N) is 1. The minimum absolute atomic E-state index is 0.000204. The van der Waals surface area contributed by atoms with Crippen LogP contribution in [0.25, 0.3) is 0 Å². The van der Waals surface area contributed by atoms with Gasteiger partial charge in [-0.25, -0.2) is 15.0 Å². The van der Waals surface area contributed by atoms with Gasteiger partial charge < -0.3 is 20.2 Å². The maximum atomic E-state index is 12.7. The molecule has 2 aliphatic rings. The molecule has 0 bridgehead atoms. The van der Waals surface area contributed by atoms with Crippen molar-refractivity contribution in [3.05, 3.63) is 36.3 Å². The number of piperidine rings is 1. The first-order valence-electron chi connectivity index (χ1n) is 10.3. The van der Waals surface area contributed by atoms with Crippen LogP contribution in [0.15, 0.2) is 30.7 Å². The average molecular weight is 396 g/mol. The molecule has 2 N–H and O–H groups in total. The van der Waals surface area contributed by atoms with Gasteiger partial charge in [-0.2, -0.15) is 0 Å². The van der Waals surface area contributed by atoms with Crippen molar-refractivity contribution in [2.24, 2.45) is 5.92 Å². The first kappa shape index (κ1) is 19.6. The van der Waals surface area contributed by atoms with Crippen molar-refractivity contribution in [3.8, 4) is 0 Å². The molecule has 4 heterocycles. The Morgan fingerprint density at radius 1 is 1.17 bits per heavy atom. The van der Waals surface area contributed by atoms with Gasteiger partial charge in [0.05, 0.1) is 18.6 Å². The maximum Gasteiger partial charge on any atom is 0.230 e. The fourth-order valence-electron chi connectivity index (χ4n) is 4.16. The summed E-state index contributed by atoms with van der Waals surface area (Å²) in [6.45, 7) is 4.50. The number of nitrogens with zero attached hydrogens (tertiary/aromatic N) is 5. The highest BCUT2D eigenvalue weighted by atomic mass is 16.3. The van der Waals surface area contributed by atoms with Crippen LogP contribution in [0, 0.1) is 12.8 Å². The molecule has 0 aliphatic carbocycles. The van der Waals surface area contributed by atoms with E-state index in [1.165, 1.54) is 0 Å². The molecule has 2 saturated heterocycles. The van der Waals surface area contributed by atoms with Gasteiger partial charge in [-0.15, -0.1) is 0 Å². The van der Waals surface area contributed by atoms with Gasteiger partial charge in [0, 0.05) is 31.9 Å². The Bertz CT molecular complexity index is 843. The van der Waals surface area contributed by atoms with Crippen LogP contribution in [0.3, 0.4) is 0 Å². The van der Waals surface area contributed by atoms with Crippen molar-refractivity contribution < 1.29 is 9.90 Å². The Balaban J connectivity index is 1.43. The van der Waals surface area contributed by atoms with Crippen molar-refractivity contribution in [3.63, 3.8) is 0 Å². The van der Waals surface area contributed by atoms with E-state index in [2.05, 4.69) is 30.1 Å². The molecular formula is C21H28N6O2. The lowest BCUT2D eigenvalue weighted by Gasteiger charge is -2.33. The second kappa shape index (κ2) is 8.73. The topological polar surface area (TPSA) is 94.5 Å². The molecule has 2 fully saturated rings. The van der Waals surface area contributed by atoms with E-state index in [1.54, 1.807) is 12.5 Å². The summed E-state index contributed by atoms with van der Waals surface area (Å²) in [5, 5.41) is 12.5. The van der Waals surface area contributed by atoms with Crippen molar-refractivity contribution in [1.29, 1.82) is 0 Å². The molecule has 0 saturated carbocycles. The van der Waals surface area contributed by atoms with Gasteiger partial charge >= 0.3 is 0 Å². The van der Waals surface area contributed by atoms with E-state index in [0.717, 1.165) is 56.0 Å². The van der Waals surface area contributed by atoms with Crippen LogP contribution in [0.4, 0.5) is 17.5 Å². The molecule has 2 aliphatic heterocycles. The highest BCUT2D eigenvalue weighted by molar-refractivity contribution is 5.92. The lowest BCUT2D eigenvalue weighted by molar-refractivity contribution is -0.120. The van der Waals surface area contributed by atoms with Gasteiger partial charge in [-0.3, -0.25) is 4.79 Å². The smallest absolute Gasteiger partial charge is 0.230 e. The van der Waals surface area contributed by atoms with Crippen LogP contribution >= 0.6 is 0 Å². The van der Waals surface area contributed by atoms with Gasteiger partial charge in [-0.05, 0) is 44.2 Å². The van der Waals surface area contributed by atoms with E-state index < -0.39 is 0 Å². The summed E-state index contributed by atoms with van der Waals surface area (Å²) in [5.41, 5.74) is 1.06. The minimum Gasteiger partial charge on any atom is -0.394 e. The number of carbonyl (C=O) groups is 1. The summed E-state index contributed by atoms with van der Waals surface area (Å²) in [7, 11) is 0. The predicted molar refractivity (Wildman–Crippen MR) is 112 cm³/mol. The molecule has 8 heteroatoms. The van der Waals surface area contributed by atoms with Crippen LogP contribution in [0.5, 0.6) is 0 Å². The van der Waals surface area contributed by atoms with Crippen molar-refractivity contribution in [1.82, 2.24) is 15.0 Å². The van der Waals surface area contributed by atoms with Gasteiger partial charge in [0.25, 0.3) is 0 Å². The molecule has 29 heavy (non-hydrogen) atoms. The number of pyridine rings is 1. The van der Waals surface area contributed by atoms with Crippen molar-refractivity contribution in [2.45, 2.75) is 38.6 Å². The van der Waals surface area contributed by atoms with E-state index in [-0.39, 0.29) is 24.5 Å². The lowest BCUT2D eigenvalue weighted by Crippen LogP contribution is -2.41. The highest BCUT2D eigenvalue weighted by Gasteiger charge is 2.29. The Morgan fingerprint density at radius 2 is 2.00 bits per heavy atom. The molecule has 154 valence electrons. The van der Waals surface area contributed by atoms with Crippen molar-refractivity contribution in [2.75, 3.05) is 41.4 Å². The number of anilines is 3. The SMILES string of the molecule is Cc1ccc(NC(=O)C2CCCN(c3cc(N4CCCC4CO)ncn3)C2)nc1. The molecule has 0 aromatic carbocycles. The van der Waals surface area contributed by atoms with Crippen LogP contribution in [-0.4, -0.2) is 58.2 Å². The molecule has 8 nitrogen and oxygen atoms in total. The fourth-order valence-corrected chi connectivity index (χ4v) is 4.16. The number of aryl methyl sites for hydroxylation is 1. The number of rotatable bonds is 5. The first-order valence-corrected chi connectivity index (χ1v) is 10.3. The Labute approximate surface area is 171 Å². The Kier molecular flexibility index (Phi) is 5.89. The van der Waals surface area contributed by atoms with Crippen LogP contribution in [0.1, 0.15) is 31.2 Å². The van der Waals surface area contributed by atoms with Crippen LogP contribution in [-0.2, 0) is 4.79 Å². The summed E-state index contributed by atoms with van der Waals surface area (Å²) in [6, 6.07) is 5.88. The molecular weight excluding hydrogens is 368 g/mol. The number of aliphatic hydroxyl groups is 1. The molecule has 0 spiro atoms.